The van der Waals surface area contributed by atoms with Gasteiger partial charge in [0.2, 0.25) is 0 Å². The van der Waals surface area contributed by atoms with Crippen LogP contribution >= 0.6 is 0 Å². The van der Waals surface area contributed by atoms with Crippen LogP contribution in [0.1, 0.15) is 5.56 Å². The molecule has 0 spiro atoms. The number of para-hydroxylation sites is 1. The maximum Gasteiger partial charge on any atom is 0.0416 e. The Kier molecular flexibility index (Phi) is 1.95. The highest BCUT2D eigenvalue weighted by Gasteiger charge is 1.96. The average Bonchev–Trinajstić information content (AvgIpc) is 2.06. The van der Waals surface area contributed by atoms with Gasteiger partial charge in [-0.15, -0.1) is 0 Å². The summed E-state index contributed by atoms with van der Waals surface area (Å²) in [6.45, 7) is 0.904. The van der Waals surface area contributed by atoms with Crippen molar-refractivity contribution in [2.75, 3.05) is 11.9 Å². The third-order valence-corrected chi connectivity index (χ3v) is 1.89. The molecule has 0 aliphatic carbocycles. The van der Waals surface area contributed by atoms with E-state index in [4.69, 9.17) is 0 Å². The number of anilines is 1. The van der Waals surface area contributed by atoms with Crippen molar-refractivity contribution in [2.45, 2.75) is 0 Å². The van der Waals surface area contributed by atoms with Crippen LogP contribution in [0.4, 0.5) is 5.69 Å². The van der Waals surface area contributed by atoms with E-state index in [1.165, 1.54) is 11.3 Å². The minimum Gasteiger partial charge on any atom is -0.381 e. The first-order chi connectivity index (χ1) is 5.97. The van der Waals surface area contributed by atoms with Crippen molar-refractivity contribution in [3.63, 3.8) is 0 Å². The van der Waals surface area contributed by atoms with Gasteiger partial charge in [0.05, 0.1) is 0 Å². The van der Waals surface area contributed by atoms with Gasteiger partial charge >= 0.3 is 0 Å². The van der Waals surface area contributed by atoms with Gasteiger partial charge in [0.25, 0.3) is 0 Å². The molecule has 0 saturated carbocycles. The minimum atomic E-state index is 0.904. The fraction of sp³-hybridized carbons (Fsp3) is 0.0909. The Morgan fingerprint density at radius 2 is 2.00 bits per heavy atom. The number of fused-ring (bicyclic) bond motifs is 1. The third kappa shape index (κ3) is 1.40. The Hall–Kier alpha value is -1.50. The van der Waals surface area contributed by atoms with E-state index in [0.29, 0.717) is 0 Å². The zero-order valence-corrected chi connectivity index (χ0v) is 6.83. The zero-order chi connectivity index (χ0) is 8.23. The Balaban J connectivity index is 2.43. The molecule has 0 fully saturated rings. The molecule has 1 heterocycles. The quantitative estimate of drug-likeness (QED) is 0.610. The number of hydrogen-bond acceptors (Lipinski definition) is 1. The van der Waals surface area contributed by atoms with Crippen molar-refractivity contribution in [1.82, 2.24) is 0 Å². The summed E-state index contributed by atoms with van der Waals surface area (Å²) in [6, 6.07) is 8.30. The normalized spacial score (nSPS) is 14.3. The average molecular weight is 157 g/mol. The molecule has 0 bridgehead atoms. The van der Waals surface area contributed by atoms with Gasteiger partial charge in [-0.25, -0.2) is 0 Å². The summed E-state index contributed by atoms with van der Waals surface area (Å²) < 4.78 is 0. The van der Waals surface area contributed by atoms with Crippen LogP contribution in [0, 0.1) is 0 Å². The van der Waals surface area contributed by atoms with Crippen LogP contribution in [-0.4, -0.2) is 6.54 Å². The van der Waals surface area contributed by atoms with Crippen LogP contribution in [0.2, 0.25) is 0 Å². The number of allylic oxidation sites excluding steroid dienone is 2. The molecule has 0 amide bonds. The highest BCUT2D eigenvalue weighted by atomic mass is 14.9. The molecule has 1 N–H and O–H groups in total. The smallest absolute Gasteiger partial charge is 0.0416 e. The van der Waals surface area contributed by atoms with E-state index in [0.717, 1.165) is 6.54 Å². The van der Waals surface area contributed by atoms with Crippen LogP contribution in [0.25, 0.3) is 6.08 Å². The van der Waals surface area contributed by atoms with E-state index < -0.39 is 0 Å². The molecule has 0 atom stereocenters. The van der Waals surface area contributed by atoms with Crippen molar-refractivity contribution in [3.05, 3.63) is 48.1 Å². The number of hydrogen-bond donors (Lipinski definition) is 1. The van der Waals surface area contributed by atoms with Crippen molar-refractivity contribution in [3.8, 4) is 0 Å². The van der Waals surface area contributed by atoms with Crippen molar-refractivity contribution < 1.29 is 0 Å². The standard InChI is InChI=1S/C11H11N/c1-2-6-10-7-3-4-8-11(10)12-9-5-1/h1-8,12H,9H2. The Bertz CT molecular complexity index is 324. The fourth-order valence-electron chi connectivity index (χ4n) is 1.28. The van der Waals surface area contributed by atoms with Gasteiger partial charge in [-0.1, -0.05) is 42.5 Å². The number of rotatable bonds is 0. The molecule has 1 aliphatic rings. The lowest BCUT2D eigenvalue weighted by molar-refractivity contribution is 1.32. The summed E-state index contributed by atoms with van der Waals surface area (Å²) in [5.74, 6) is 0. The molecule has 0 radical (unpaired) electrons. The largest absolute Gasteiger partial charge is 0.381 e. The Morgan fingerprint density at radius 3 is 3.00 bits per heavy atom. The van der Waals surface area contributed by atoms with E-state index in [9.17, 15) is 0 Å². The van der Waals surface area contributed by atoms with Gasteiger partial charge in [-0.3, -0.25) is 0 Å². The molecule has 0 unspecified atom stereocenters. The molecule has 1 nitrogen and oxygen atoms in total. The van der Waals surface area contributed by atoms with Gasteiger partial charge in [-0.2, -0.15) is 0 Å². The van der Waals surface area contributed by atoms with Crippen LogP contribution in [0.5, 0.6) is 0 Å². The molecule has 2 rings (SSSR count). The first-order valence-electron chi connectivity index (χ1n) is 4.13. The summed E-state index contributed by atoms with van der Waals surface area (Å²) in [6.07, 6.45) is 8.34. The van der Waals surface area contributed by atoms with Crippen LogP contribution < -0.4 is 5.32 Å². The molecule has 1 aromatic rings. The summed E-state index contributed by atoms with van der Waals surface area (Å²) in [4.78, 5) is 0. The molecule has 0 saturated heterocycles. The molecule has 1 aromatic carbocycles. The van der Waals surface area contributed by atoms with Gasteiger partial charge < -0.3 is 5.32 Å². The van der Waals surface area contributed by atoms with E-state index in [-0.39, 0.29) is 0 Å². The van der Waals surface area contributed by atoms with Crippen molar-refractivity contribution >= 4 is 11.8 Å². The number of nitrogens with one attached hydrogen (secondary N) is 1. The second-order valence-electron chi connectivity index (χ2n) is 2.76. The summed E-state index contributed by atoms with van der Waals surface area (Å²) in [5.41, 5.74) is 2.46. The summed E-state index contributed by atoms with van der Waals surface area (Å²) >= 11 is 0. The molecule has 1 aliphatic heterocycles. The third-order valence-electron chi connectivity index (χ3n) is 1.89. The van der Waals surface area contributed by atoms with E-state index in [1.807, 2.05) is 6.07 Å². The molecule has 60 valence electrons. The highest BCUT2D eigenvalue weighted by Crippen LogP contribution is 2.17. The zero-order valence-electron chi connectivity index (χ0n) is 6.83. The second kappa shape index (κ2) is 3.26. The fourth-order valence-corrected chi connectivity index (χ4v) is 1.28. The predicted molar refractivity (Wildman–Crippen MR) is 53.1 cm³/mol. The maximum atomic E-state index is 3.33. The first-order valence-corrected chi connectivity index (χ1v) is 4.13. The predicted octanol–water partition coefficient (Wildman–Crippen LogP) is 2.68. The topological polar surface area (TPSA) is 12.0 Å². The molecular formula is C11H11N. The lowest BCUT2D eigenvalue weighted by Crippen LogP contribution is -2.00. The van der Waals surface area contributed by atoms with Gasteiger partial charge in [0.1, 0.15) is 0 Å². The van der Waals surface area contributed by atoms with Gasteiger partial charge in [0.15, 0.2) is 0 Å². The number of benzene rings is 1. The maximum absolute atomic E-state index is 3.33. The van der Waals surface area contributed by atoms with Crippen LogP contribution in [0.15, 0.2) is 42.5 Å². The second-order valence-corrected chi connectivity index (χ2v) is 2.76. The van der Waals surface area contributed by atoms with Gasteiger partial charge in [0, 0.05) is 12.2 Å². The molecule has 0 aromatic heterocycles. The Morgan fingerprint density at radius 1 is 1.08 bits per heavy atom. The van der Waals surface area contributed by atoms with E-state index in [1.54, 1.807) is 0 Å². The SMILES string of the molecule is C1=CCNc2ccccc2C=C1. The Labute approximate surface area is 72.4 Å². The summed E-state index contributed by atoms with van der Waals surface area (Å²) in [7, 11) is 0. The lowest BCUT2D eigenvalue weighted by Gasteiger charge is -2.08. The molecule has 1 heteroatoms. The molecular weight excluding hydrogens is 146 g/mol. The van der Waals surface area contributed by atoms with E-state index in [2.05, 4.69) is 47.8 Å². The minimum absolute atomic E-state index is 0.904. The highest BCUT2D eigenvalue weighted by molar-refractivity contribution is 5.67. The summed E-state index contributed by atoms with van der Waals surface area (Å²) in [5, 5.41) is 3.33. The lowest BCUT2D eigenvalue weighted by atomic mass is 10.1. The van der Waals surface area contributed by atoms with Crippen molar-refractivity contribution in [1.29, 1.82) is 0 Å². The first kappa shape index (κ1) is 7.17. The molecule has 12 heavy (non-hydrogen) atoms. The monoisotopic (exact) mass is 157 g/mol. The van der Waals surface area contributed by atoms with Crippen LogP contribution in [-0.2, 0) is 0 Å². The van der Waals surface area contributed by atoms with Gasteiger partial charge in [-0.05, 0) is 11.6 Å². The van der Waals surface area contributed by atoms with Crippen molar-refractivity contribution in [2.24, 2.45) is 0 Å². The van der Waals surface area contributed by atoms with Crippen LogP contribution in [0.3, 0.4) is 0 Å². The van der Waals surface area contributed by atoms with E-state index >= 15 is 0 Å².